The molecule has 1 heterocycles. The highest BCUT2D eigenvalue weighted by molar-refractivity contribution is 9.10. The van der Waals surface area contributed by atoms with Crippen LogP contribution in [0.2, 0.25) is 0 Å². The Kier molecular flexibility index (Phi) is 6.61. The van der Waals surface area contributed by atoms with Crippen molar-refractivity contribution in [3.05, 3.63) is 53.1 Å². The molecule has 0 aliphatic heterocycles. The number of aromatic nitrogens is 1. The molecule has 28 heavy (non-hydrogen) atoms. The van der Waals surface area contributed by atoms with E-state index >= 15 is 0 Å². The number of halogens is 1. The Morgan fingerprint density at radius 3 is 2.21 bits per heavy atom. The number of carbonyl (C=O) groups excluding carboxylic acids is 1. The summed E-state index contributed by atoms with van der Waals surface area (Å²) in [5.41, 5.74) is 2.66. The molecule has 0 atom stereocenters. The quantitative estimate of drug-likeness (QED) is 0.487. The van der Waals surface area contributed by atoms with Gasteiger partial charge in [0, 0.05) is 36.7 Å². The molecule has 146 valence electrons. The van der Waals surface area contributed by atoms with Crippen LogP contribution in [0.4, 0.5) is 11.5 Å². The first kappa shape index (κ1) is 20.3. The number of amides is 1. The highest BCUT2D eigenvalue weighted by Gasteiger charge is 2.16. The Hall–Kier alpha value is -2.48. The van der Waals surface area contributed by atoms with Crippen molar-refractivity contribution in [2.24, 2.45) is 0 Å². The van der Waals surface area contributed by atoms with Gasteiger partial charge >= 0.3 is 0 Å². The number of hydrogen-bond donors (Lipinski definition) is 3. The maximum atomic E-state index is 11.7. The molecular formula is C21H22BrN3O3. The van der Waals surface area contributed by atoms with Gasteiger partial charge in [0.05, 0.1) is 13.2 Å². The summed E-state index contributed by atoms with van der Waals surface area (Å²) in [7, 11) is 0. The number of aliphatic hydroxyl groups excluding tert-OH is 2. The van der Waals surface area contributed by atoms with Crippen LogP contribution in [0.5, 0.6) is 0 Å². The SMILES string of the molecule is CC(=O)Nc1nc(Br)c2ccccc2c1-c1ccc(N(CCO)CCO)cc1. The minimum atomic E-state index is -0.190. The third kappa shape index (κ3) is 4.32. The van der Waals surface area contributed by atoms with Gasteiger partial charge in [0.15, 0.2) is 0 Å². The largest absolute Gasteiger partial charge is 0.395 e. The van der Waals surface area contributed by atoms with Crippen LogP contribution >= 0.6 is 15.9 Å². The number of aliphatic hydroxyl groups is 2. The smallest absolute Gasteiger partial charge is 0.222 e. The minimum absolute atomic E-state index is 0.00962. The second-order valence-electron chi connectivity index (χ2n) is 6.33. The lowest BCUT2D eigenvalue weighted by molar-refractivity contribution is -0.114. The number of fused-ring (bicyclic) bond motifs is 1. The molecular weight excluding hydrogens is 422 g/mol. The summed E-state index contributed by atoms with van der Waals surface area (Å²) < 4.78 is 0.671. The fourth-order valence-corrected chi connectivity index (χ4v) is 3.75. The van der Waals surface area contributed by atoms with Crippen LogP contribution in [0.3, 0.4) is 0 Å². The van der Waals surface area contributed by atoms with E-state index in [1.807, 2.05) is 53.4 Å². The fraction of sp³-hybridized carbons (Fsp3) is 0.238. The molecule has 3 rings (SSSR count). The second-order valence-corrected chi connectivity index (χ2v) is 7.09. The van der Waals surface area contributed by atoms with Gasteiger partial charge in [-0.25, -0.2) is 4.98 Å². The molecule has 0 saturated heterocycles. The first-order valence-electron chi connectivity index (χ1n) is 8.98. The molecule has 7 heteroatoms. The van der Waals surface area contributed by atoms with Crippen molar-refractivity contribution in [3.63, 3.8) is 0 Å². The van der Waals surface area contributed by atoms with Gasteiger partial charge in [-0.15, -0.1) is 0 Å². The molecule has 0 saturated carbocycles. The summed E-state index contributed by atoms with van der Waals surface area (Å²) >= 11 is 3.49. The molecule has 3 aromatic rings. The van der Waals surface area contributed by atoms with E-state index in [4.69, 9.17) is 0 Å². The molecule has 1 aromatic heterocycles. The van der Waals surface area contributed by atoms with Crippen molar-refractivity contribution < 1.29 is 15.0 Å². The van der Waals surface area contributed by atoms with E-state index in [0.717, 1.165) is 27.6 Å². The molecule has 3 N–H and O–H groups in total. The number of carbonyl (C=O) groups is 1. The van der Waals surface area contributed by atoms with Crippen LogP contribution in [-0.4, -0.2) is 47.4 Å². The monoisotopic (exact) mass is 443 g/mol. The van der Waals surface area contributed by atoms with Gasteiger partial charge < -0.3 is 20.4 Å². The Bertz CT molecular complexity index is 971. The average molecular weight is 444 g/mol. The van der Waals surface area contributed by atoms with Gasteiger partial charge in [0.1, 0.15) is 10.4 Å². The molecule has 0 unspecified atom stereocenters. The number of nitrogens with zero attached hydrogens (tertiary/aromatic N) is 2. The normalized spacial score (nSPS) is 10.9. The number of nitrogens with one attached hydrogen (secondary N) is 1. The summed E-state index contributed by atoms with van der Waals surface area (Å²) in [4.78, 5) is 18.2. The summed E-state index contributed by atoms with van der Waals surface area (Å²) in [6.45, 7) is 2.37. The first-order valence-corrected chi connectivity index (χ1v) is 9.77. The van der Waals surface area contributed by atoms with Crippen LogP contribution in [0.1, 0.15) is 6.92 Å². The molecule has 0 spiro atoms. The number of pyridine rings is 1. The molecule has 1 amide bonds. The van der Waals surface area contributed by atoms with Crippen LogP contribution in [-0.2, 0) is 4.79 Å². The summed E-state index contributed by atoms with van der Waals surface area (Å²) in [6, 6.07) is 15.7. The number of benzene rings is 2. The zero-order valence-corrected chi connectivity index (χ0v) is 17.1. The molecule has 0 fully saturated rings. The predicted octanol–water partition coefficient (Wildman–Crippen LogP) is 3.41. The zero-order chi connectivity index (χ0) is 20.1. The molecule has 0 radical (unpaired) electrons. The summed E-state index contributed by atoms with van der Waals surface area (Å²) in [6.07, 6.45) is 0. The van der Waals surface area contributed by atoms with Crippen molar-refractivity contribution in [3.8, 4) is 11.1 Å². The number of rotatable bonds is 7. The lowest BCUT2D eigenvalue weighted by Gasteiger charge is -2.23. The van der Waals surface area contributed by atoms with Crippen molar-refractivity contribution in [2.75, 3.05) is 36.5 Å². The first-order chi connectivity index (χ1) is 13.5. The van der Waals surface area contributed by atoms with E-state index in [1.54, 1.807) is 0 Å². The second kappa shape index (κ2) is 9.14. The Balaban J connectivity index is 2.11. The molecule has 0 aliphatic carbocycles. The van der Waals surface area contributed by atoms with Crippen LogP contribution in [0, 0.1) is 0 Å². The van der Waals surface area contributed by atoms with Gasteiger partial charge in [-0.05, 0) is 39.0 Å². The maximum Gasteiger partial charge on any atom is 0.222 e. The van der Waals surface area contributed by atoms with E-state index < -0.39 is 0 Å². The van der Waals surface area contributed by atoms with E-state index in [9.17, 15) is 15.0 Å². The van der Waals surface area contributed by atoms with Crippen molar-refractivity contribution >= 4 is 44.1 Å². The van der Waals surface area contributed by atoms with Gasteiger partial charge in [-0.2, -0.15) is 0 Å². The maximum absolute atomic E-state index is 11.7. The van der Waals surface area contributed by atoms with Crippen molar-refractivity contribution in [1.29, 1.82) is 0 Å². The summed E-state index contributed by atoms with van der Waals surface area (Å²) in [5.74, 6) is 0.304. The molecule has 0 bridgehead atoms. The van der Waals surface area contributed by atoms with E-state index in [2.05, 4.69) is 26.2 Å². The van der Waals surface area contributed by atoms with E-state index in [1.165, 1.54) is 6.92 Å². The lowest BCUT2D eigenvalue weighted by Crippen LogP contribution is -2.29. The van der Waals surface area contributed by atoms with E-state index in [0.29, 0.717) is 23.5 Å². The zero-order valence-electron chi connectivity index (χ0n) is 15.5. The highest BCUT2D eigenvalue weighted by Crippen LogP contribution is 2.38. The Morgan fingerprint density at radius 2 is 1.64 bits per heavy atom. The third-order valence-corrected chi connectivity index (χ3v) is 5.03. The number of hydrogen-bond acceptors (Lipinski definition) is 5. The average Bonchev–Trinajstić information content (AvgIpc) is 2.68. The van der Waals surface area contributed by atoms with Crippen LogP contribution in [0.25, 0.3) is 21.9 Å². The van der Waals surface area contributed by atoms with Crippen molar-refractivity contribution in [1.82, 2.24) is 4.98 Å². The van der Waals surface area contributed by atoms with Gasteiger partial charge in [0.2, 0.25) is 5.91 Å². The van der Waals surface area contributed by atoms with Gasteiger partial charge in [-0.3, -0.25) is 4.79 Å². The Morgan fingerprint density at radius 1 is 1.04 bits per heavy atom. The van der Waals surface area contributed by atoms with Crippen LogP contribution in [0.15, 0.2) is 53.1 Å². The fourth-order valence-electron chi connectivity index (χ4n) is 3.22. The Labute approximate surface area is 172 Å². The standard InChI is InChI=1S/C21H22BrN3O3/c1-14(28)23-21-19(17-4-2-3-5-18(17)20(22)24-21)15-6-8-16(9-7-15)25(10-12-26)11-13-27/h2-9,26-27H,10-13H2,1H3,(H,23,24,28). The number of anilines is 2. The predicted molar refractivity (Wildman–Crippen MR) is 116 cm³/mol. The van der Waals surface area contributed by atoms with E-state index in [-0.39, 0.29) is 19.1 Å². The molecule has 2 aromatic carbocycles. The van der Waals surface area contributed by atoms with Crippen LogP contribution < -0.4 is 10.2 Å². The lowest BCUT2D eigenvalue weighted by atomic mass is 9.99. The van der Waals surface area contributed by atoms with Gasteiger partial charge in [-0.1, -0.05) is 36.4 Å². The van der Waals surface area contributed by atoms with Gasteiger partial charge in [0.25, 0.3) is 0 Å². The minimum Gasteiger partial charge on any atom is -0.395 e. The molecule has 6 nitrogen and oxygen atoms in total. The highest BCUT2D eigenvalue weighted by atomic mass is 79.9. The third-order valence-electron chi connectivity index (χ3n) is 4.42. The van der Waals surface area contributed by atoms with Crippen molar-refractivity contribution in [2.45, 2.75) is 6.92 Å². The molecule has 0 aliphatic rings. The topological polar surface area (TPSA) is 85.7 Å². The summed E-state index contributed by atoms with van der Waals surface area (Å²) in [5, 5.41) is 23.2.